The Hall–Kier alpha value is -2.57. The lowest BCUT2D eigenvalue weighted by atomic mass is 10.1. The van der Waals surface area contributed by atoms with Crippen LogP contribution >= 0.6 is 0 Å². The molecule has 2 N–H and O–H groups in total. The molecule has 0 aliphatic carbocycles. The first-order valence-corrected chi connectivity index (χ1v) is 8.37. The molecular weight excluding hydrogens is 322 g/mol. The second kappa shape index (κ2) is 9.66. The summed E-state index contributed by atoms with van der Waals surface area (Å²) in [4.78, 5) is 38.3. The van der Waals surface area contributed by atoms with Gasteiger partial charge in [-0.3, -0.25) is 9.59 Å². The van der Waals surface area contributed by atoms with Crippen molar-refractivity contribution in [3.63, 3.8) is 0 Å². The van der Waals surface area contributed by atoms with Crippen molar-refractivity contribution in [2.45, 2.75) is 33.2 Å². The topological polar surface area (TPSA) is 90.0 Å². The number of hydrogen-bond donors (Lipinski definition) is 2. The van der Waals surface area contributed by atoms with Crippen molar-refractivity contribution < 1.29 is 19.5 Å². The molecule has 0 aromatic heterocycles. The lowest BCUT2D eigenvalue weighted by Crippen LogP contribution is -2.46. The van der Waals surface area contributed by atoms with Crippen molar-refractivity contribution in [3.8, 4) is 0 Å². The fraction of sp³-hybridized carbons (Fsp3) is 0.500. The molecule has 0 saturated heterocycles. The average Bonchev–Trinajstić information content (AvgIpc) is 2.57. The number of nitrogens with one attached hydrogen (secondary N) is 1. The molecule has 25 heavy (non-hydrogen) atoms. The summed E-state index contributed by atoms with van der Waals surface area (Å²) >= 11 is 0. The van der Waals surface area contributed by atoms with Gasteiger partial charge in [-0.2, -0.15) is 0 Å². The third-order valence-electron chi connectivity index (χ3n) is 3.93. The Kier molecular flexibility index (Phi) is 7.91. The zero-order valence-corrected chi connectivity index (χ0v) is 15.3. The Labute approximate surface area is 148 Å². The molecule has 0 bridgehead atoms. The van der Waals surface area contributed by atoms with Crippen molar-refractivity contribution in [3.05, 3.63) is 29.8 Å². The van der Waals surface area contributed by atoms with Crippen LogP contribution in [0.3, 0.4) is 0 Å². The normalized spacial score (nSPS) is 11.5. The van der Waals surface area contributed by atoms with Gasteiger partial charge in [0.05, 0.1) is 0 Å². The number of carbonyl (C=O) groups is 3. The Morgan fingerprint density at radius 2 is 1.76 bits per heavy atom. The van der Waals surface area contributed by atoms with E-state index in [1.807, 2.05) is 19.2 Å². The smallest absolute Gasteiger partial charge is 0.326 e. The molecule has 7 nitrogen and oxygen atoms in total. The van der Waals surface area contributed by atoms with E-state index in [1.165, 1.54) is 18.7 Å². The molecule has 0 aliphatic heterocycles. The molecule has 0 saturated carbocycles. The van der Waals surface area contributed by atoms with Crippen LogP contribution in [0.1, 0.15) is 37.6 Å². The largest absolute Gasteiger partial charge is 0.480 e. The van der Waals surface area contributed by atoms with Crippen molar-refractivity contribution >= 4 is 23.5 Å². The van der Waals surface area contributed by atoms with Gasteiger partial charge in [0.2, 0.25) is 5.91 Å². The number of nitrogens with zero attached hydrogens (tertiary/aromatic N) is 2. The van der Waals surface area contributed by atoms with Gasteiger partial charge in [-0.1, -0.05) is 6.92 Å². The van der Waals surface area contributed by atoms with E-state index in [4.69, 9.17) is 0 Å². The van der Waals surface area contributed by atoms with E-state index in [0.717, 1.165) is 18.7 Å². The fourth-order valence-electron chi connectivity index (χ4n) is 2.45. The second-order valence-corrected chi connectivity index (χ2v) is 5.96. The summed E-state index contributed by atoms with van der Waals surface area (Å²) in [5.41, 5.74) is 1.42. The number of benzene rings is 1. The highest BCUT2D eigenvalue weighted by atomic mass is 16.4. The molecule has 1 aromatic rings. The van der Waals surface area contributed by atoms with Crippen LogP contribution in [0.2, 0.25) is 0 Å². The SMILES string of the molecule is CCCN(C)c1ccc(C(=O)N(CCNC(C)=O)C(C)C(=O)O)cc1. The maximum atomic E-state index is 12.7. The number of hydrogen-bond acceptors (Lipinski definition) is 4. The maximum absolute atomic E-state index is 12.7. The molecule has 138 valence electrons. The van der Waals surface area contributed by atoms with Gasteiger partial charge >= 0.3 is 5.97 Å². The van der Waals surface area contributed by atoms with Crippen molar-refractivity contribution in [2.75, 3.05) is 31.6 Å². The highest BCUT2D eigenvalue weighted by molar-refractivity contribution is 5.96. The summed E-state index contributed by atoms with van der Waals surface area (Å²) in [5, 5.41) is 11.8. The molecular formula is C18H27N3O4. The van der Waals surface area contributed by atoms with E-state index >= 15 is 0 Å². The van der Waals surface area contributed by atoms with Gasteiger partial charge in [0.1, 0.15) is 6.04 Å². The van der Waals surface area contributed by atoms with E-state index in [2.05, 4.69) is 17.1 Å². The van der Waals surface area contributed by atoms with Crippen LogP contribution < -0.4 is 10.2 Å². The first-order valence-electron chi connectivity index (χ1n) is 8.37. The quantitative estimate of drug-likeness (QED) is 0.706. The minimum Gasteiger partial charge on any atom is -0.480 e. The lowest BCUT2D eigenvalue weighted by Gasteiger charge is -2.27. The standard InChI is InChI=1S/C18H27N3O4/c1-5-11-20(4)16-8-6-15(7-9-16)17(23)21(13(2)18(24)25)12-10-19-14(3)22/h6-9,13H,5,10-12H2,1-4H3,(H,19,22)(H,24,25). The maximum Gasteiger partial charge on any atom is 0.326 e. The highest BCUT2D eigenvalue weighted by Gasteiger charge is 2.26. The summed E-state index contributed by atoms with van der Waals surface area (Å²) in [7, 11) is 1.98. The number of aliphatic carboxylic acids is 1. The van der Waals surface area contributed by atoms with Crippen LogP contribution in [0.5, 0.6) is 0 Å². The third kappa shape index (κ3) is 6.10. The van der Waals surface area contributed by atoms with Gasteiger partial charge in [0, 0.05) is 44.9 Å². The third-order valence-corrected chi connectivity index (χ3v) is 3.93. The number of carboxylic acids is 1. The average molecular weight is 349 g/mol. The monoisotopic (exact) mass is 349 g/mol. The molecule has 1 atom stereocenters. The molecule has 0 spiro atoms. The van der Waals surface area contributed by atoms with Crippen LogP contribution in [0.4, 0.5) is 5.69 Å². The van der Waals surface area contributed by atoms with Crippen LogP contribution in [0.25, 0.3) is 0 Å². The molecule has 1 unspecified atom stereocenters. The molecule has 1 aromatic carbocycles. The first kappa shape index (κ1) is 20.5. The van der Waals surface area contributed by atoms with Crippen LogP contribution in [-0.4, -0.2) is 60.5 Å². The molecule has 1 rings (SSSR count). The molecule has 2 amide bonds. The van der Waals surface area contributed by atoms with E-state index in [-0.39, 0.29) is 24.9 Å². The minimum atomic E-state index is -1.09. The summed E-state index contributed by atoms with van der Waals surface area (Å²) in [6, 6.07) is 6.11. The van der Waals surface area contributed by atoms with Crippen LogP contribution in [0, 0.1) is 0 Å². The molecule has 0 radical (unpaired) electrons. The molecule has 7 heteroatoms. The summed E-state index contributed by atoms with van der Waals surface area (Å²) in [5.74, 6) is -1.68. The van der Waals surface area contributed by atoms with Crippen molar-refractivity contribution in [1.29, 1.82) is 0 Å². The van der Waals surface area contributed by atoms with Gasteiger partial charge in [-0.15, -0.1) is 0 Å². The Bertz CT molecular complexity index is 601. The van der Waals surface area contributed by atoms with E-state index in [1.54, 1.807) is 12.1 Å². The second-order valence-electron chi connectivity index (χ2n) is 5.96. The summed E-state index contributed by atoms with van der Waals surface area (Å²) in [6.45, 7) is 6.16. The summed E-state index contributed by atoms with van der Waals surface area (Å²) in [6.07, 6.45) is 1.02. The van der Waals surface area contributed by atoms with Crippen molar-refractivity contribution in [2.24, 2.45) is 0 Å². The van der Waals surface area contributed by atoms with Gasteiger partial charge in [0.15, 0.2) is 0 Å². The van der Waals surface area contributed by atoms with E-state index in [0.29, 0.717) is 5.56 Å². The molecule has 0 heterocycles. The Morgan fingerprint density at radius 1 is 1.16 bits per heavy atom. The number of amides is 2. The number of anilines is 1. The minimum absolute atomic E-state index is 0.128. The van der Waals surface area contributed by atoms with Gasteiger partial charge in [-0.25, -0.2) is 4.79 Å². The summed E-state index contributed by atoms with van der Waals surface area (Å²) < 4.78 is 0. The van der Waals surface area contributed by atoms with Gasteiger partial charge in [0.25, 0.3) is 5.91 Å². The number of carboxylic acid groups (broad SMARTS) is 1. The highest BCUT2D eigenvalue weighted by Crippen LogP contribution is 2.16. The first-order chi connectivity index (χ1) is 11.8. The zero-order valence-electron chi connectivity index (χ0n) is 15.3. The molecule has 0 fully saturated rings. The lowest BCUT2D eigenvalue weighted by molar-refractivity contribution is -0.141. The van der Waals surface area contributed by atoms with E-state index < -0.39 is 12.0 Å². The van der Waals surface area contributed by atoms with Gasteiger partial charge < -0.3 is 20.2 Å². The van der Waals surface area contributed by atoms with Gasteiger partial charge in [-0.05, 0) is 37.6 Å². The predicted molar refractivity (Wildman–Crippen MR) is 96.8 cm³/mol. The predicted octanol–water partition coefficient (Wildman–Crippen LogP) is 1.58. The number of rotatable bonds is 9. The van der Waals surface area contributed by atoms with Crippen LogP contribution in [-0.2, 0) is 9.59 Å². The number of carbonyl (C=O) groups excluding carboxylic acids is 2. The fourth-order valence-corrected chi connectivity index (χ4v) is 2.45. The van der Waals surface area contributed by atoms with E-state index in [9.17, 15) is 19.5 Å². The van der Waals surface area contributed by atoms with Crippen LogP contribution in [0.15, 0.2) is 24.3 Å². The van der Waals surface area contributed by atoms with Crippen molar-refractivity contribution in [1.82, 2.24) is 10.2 Å². The Balaban J connectivity index is 2.91. The Morgan fingerprint density at radius 3 is 2.24 bits per heavy atom. The zero-order chi connectivity index (χ0) is 19.0. The molecule has 0 aliphatic rings.